The lowest BCUT2D eigenvalue weighted by Gasteiger charge is -2.21. The molecule has 2 aromatic carbocycles. The van der Waals surface area contributed by atoms with Crippen LogP contribution < -0.4 is 10.6 Å². The Balaban J connectivity index is 1.82. The van der Waals surface area contributed by atoms with E-state index in [-0.39, 0.29) is 17.1 Å². The molecule has 0 saturated heterocycles. The zero-order valence-electron chi connectivity index (χ0n) is 12.3. The van der Waals surface area contributed by atoms with E-state index in [0.29, 0.717) is 11.3 Å². The summed E-state index contributed by atoms with van der Waals surface area (Å²) in [7, 11) is 0. The van der Waals surface area contributed by atoms with Gasteiger partial charge in [-0.3, -0.25) is 9.59 Å². The van der Waals surface area contributed by atoms with Gasteiger partial charge < -0.3 is 10.6 Å². The van der Waals surface area contributed by atoms with Crippen LogP contribution >= 0.6 is 11.8 Å². The Labute approximate surface area is 133 Å². The topological polar surface area (TPSA) is 58.2 Å². The molecule has 2 N–H and O–H groups in total. The highest BCUT2D eigenvalue weighted by atomic mass is 32.2. The molecule has 112 valence electrons. The number of carbonyl (C=O) groups excluding carboxylic acids is 2. The van der Waals surface area contributed by atoms with E-state index in [1.165, 1.54) is 11.8 Å². The maximum absolute atomic E-state index is 12.3. The van der Waals surface area contributed by atoms with Gasteiger partial charge in [-0.2, -0.15) is 0 Å². The highest BCUT2D eigenvalue weighted by Crippen LogP contribution is 2.36. The summed E-state index contributed by atoms with van der Waals surface area (Å²) in [5, 5.41) is 5.59. The van der Waals surface area contributed by atoms with Crippen LogP contribution in [-0.2, 0) is 4.79 Å². The molecule has 0 spiro atoms. The van der Waals surface area contributed by atoms with E-state index < -0.39 is 0 Å². The van der Waals surface area contributed by atoms with Crippen molar-refractivity contribution in [2.45, 2.75) is 24.0 Å². The molecule has 5 heteroatoms. The number of benzene rings is 2. The molecule has 3 rings (SSSR count). The summed E-state index contributed by atoms with van der Waals surface area (Å²) in [5.74, 6) is -0.222. The number of nitrogens with one attached hydrogen (secondary N) is 2. The van der Waals surface area contributed by atoms with Gasteiger partial charge in [0.25, 0.3) is 5.91 Å². The number of hydrogen-bond acceptors (Lipinski definition) is 3. The maximum atomic E-state index is 12.3. The number of thioether (sulfide) groups is 1. The van der Waals surface area contributed by atoms with Crippen molar-refractivity contribution < 1.29 is 9.59 Å². The number of anilines is 2. The molecule has 1 aliphatic heterocycles. The molecule has 0 fully saturated rings. The summed E-state index contributed by atoms with van der Waals surface area (Å²) in [6.07, 6.45) is 0. The minimum absolute atomic E-state index is 0.0336. The van der Waals surface area contributed by atoms with Gasteiger partial charge in [0.15, 0.2) is 0 Å². The zero-order chi connectivity index (χ0) is 15.7. The standard InChI is InChI=1S/C17H16N2O2S/c1-10-4-3-5-13(8-10)18-17(21)12-6-7-15-14(9-12)19-16(20)11(2)22-15/h3-9,11H,1-2H3,(H,18,21)(H,19,20)/t11-/m1/s1. The van der Waals surface area contributed by atoms with Crippen molar-refractivity contribution in [2.75, 3.05) is 10.6 Å². The van der Waals surface area contributed by atoms with E-state index in [9.17, 15) is 9.59 Å². The van der Waals surface area contributed by atoms with E-state index >= 15 is 0 Å². The molecular formula is C17H16N2O2S. The van der Waals surface area contributed by atoms with Crippen LogP contribution in [0.1, 0.15) is 22.8 Å². The molecule has 22 heavy (non-hydrogen) atoms. The highest BCUT2D eigenvalue weighted by Gasteiger charge is 2.23. The van der Waals surface area contributed by atoms with Crippen LogP contribution in [-0.4, -0.2) is 17.1 Å². The average Bonchev–Trinajstić information content (AvgIpc) is 2.48. The van der Waals surface area contributed by atoms with E-state index in [2.05, 4.69) is 10.6 Å². The molecule has 0 unspecified atom stereocenters. The Morgan fingerprint density at radius 3 is 2.82 bits per heavy atom. The molecule has 1 aliphatic rings. The Morgan fingerprint density at radius 1 is 1.23 bits per heavy atom. The van der Waals surface area contributed by atoms with Crippen LogP contribution in [0.3, 0.4) is 0 Å². The Bertz CT molecular complexity index is 758. The fourth-order valence-corrected chi connectivity index (χ4v) is 3.21. The summed E-state index contributed by atoms with van der Waals surface area (Å²) in [4.78, 5) is 25.0. The van der Waals surface area contributed by atoms with Crippen molar-refractivity contribution in [1.82, 2.24) is 0 Å². The number of amides is 2. The first-order valence-electron chi connectivity index (χ1n) is 7.02. The Morgan fingerprint density at radius 2 is 2.05 bits per heavy atom. The zero-order valence-corrected chi connectivity index (χ0v) is 13.2. The molecule has 2 amide bonds. The van der Waals surface area contributed by atoms with Gasteiger partial charge in [0, 0.05) is 16.1 Å². The number of rotatable bonds is 2. The lowest BCUT2D eigenvalue weighted by Crippen LogP contribution is -2.26. The quantitative estimate of drug-likeness (QED) is 0.889. The summed E-state index contributed by atoms with van der Waals surface area (Å²) in [6, 6.07) is 13.0. The first-order chi connectivity index (χ1) is 10.5. The van der Waals surface area contributed by atoms with E-state index in [4.69, 9.17) is 0 Å². The minimum Gasteiger partial charge on any atom is -0.324 e. The van der Waals surface area contributed by atoms with E-state index in [1.54, 1.807) is 12.1 Å². The van der Waals surface area contributed by atoms with Gasteiger partial charge >= 0.3 is 0 Å². The van der Waals surface area contributed by atoms with Gasteiger partial charge in [0.05, 0.1) is 10.9 Å². The van der Waals surface area contributed by atoms with Crippen LogP contribution in [0.15, 0.2) is 47.4 Å². The van der Waals surface area contributed by atoms with Crippen LogP contribution in [0.25, 0.3) is 0 Å². The second kappa shape index (κ2) is 5.85. The molecule has 1 atom stereocenters. The SMILES string of the molecule is Cc1cccc(NC(=O)c2ccc3c(c2)NC(=O)[C@@H](C)S3)c1. The van der Waals surface area contributed by atoms with Gasteiger partial charge in [0.2, 0.25) is 5.91 Å². The van der Waals surface area contributed by atoms with Crippen molar-refractivity contribution in [3.05, 3.63) is 53.6 Å². The van der Waals surface area contributed by atoms with Crippen molar-refractivity contribution in [3.63, 3.8) is 0 Å². The third-order valence-electron chi connectivity index (χ3n) is 3.45. The molecule has 2 aromatic rings. The second-order valence-electron chi connectivity index (χ2n) is 5.28. The third-order valence-corrected chi connectivity index (χ3v) is 4.63. The van der Waals surface area contributed by atoms with Crippen molar-refractivity contribution in [1.29, 1.82) is 0 Å². The van der Waals surface area contributed by atoms with E-state index in [1.807, 2.05) is 44.2 Å². The Kier molecular flexibility index (Phi) is 3.90. The molecule has 0 saturated carbocycles. The minimum atomic E-state index is -0.189. The van der Waals surface area contributed by atoms with Gasteiger partial charge in [-0.05, 0) is 49.7 Å². The van der Waals surface area contributed by atoms with Crippen molar-refractivity contribution in [2.24, 2.45) is 0 Å². The fraction of sp³-hybridized carbons (Fsp3) is 0.176. The summed E-state index contributed by atoms with van der Waals surface area (Å²) in [6.45, 7) is 3.84. The fourth-order valence-electron chi connectivity index (χ4n) is 2.28. The highest BCUT2D eigenvalue weighted by molar-refractivity contribution is 8.00. The first kappa shape index (κ1) is 14.7. The molecule has 1 heterocycles. The molecule has 0 radical (unpaired) electrons. The molecule has 4 nitrogen and oxygen atoms in total. The van der Waals surface area contributed by atoms with Crippen LogP contribution in [0.4, 0.5) is 11.4 Å². The van der Waals surface area contributed by atoms with Crippen LogP contribution in [0.5, 0.6) is 0 Å². The molecule has 0 aromatic heterocycles. The Hall–Kier alpha value is -2.27. The van der Waals surface area contributed by atoms with Gasteiger partial charge in [0.1, 0.15) is 0 Å². The summed E-state index contributed by atoms with van der Waals surface area (Å²) in [5.41, 5.74) is 3.07. The van der Waals surface area contributed by atoms with Crippen molar-refractivity contribution in [3.8, 4) is 0 Å². The second-order valence-corrected chi connectivity index (χ2v) is 6.67. The lowest BCUT2D eigenvalue weighted by molar-refractivity contribution is -0.115. The number of hydrogen-bond donors (Lipinski definition) is 2. The predicted octanol–water partition coefficient (Wildman–Crippen LogP) is 3.68. The monoisotopic (exact) mass is 312 g/mol. The van der Waals surface area contributed by atoms with Crippen LogP contribution in [0.2, 0.25) is 0 Å². The number of aryl methyl sites for hydroxylation is 1. The number of fused-ring (bicyclic) bond motifs is 1. The smallest absolute Gasteiger partial charge is 0.255 e. The van der Waals surface area contributed by atoms with Crippen LogP contribution in [0, 0.1) is 6.92 Å². The largest absolute Gasteiger partial charge is 0.324 e. The number of carbonyl (C=O) groups is 2. The van der Waals surface area contributed by atoms with Crippen molar-refractivity contribution >= 4 is 35.0 Å². The third kappa shape index (κ3) is 2.99. The summed E-state index contributed by atoms with van der Waals surface area (Å²) >= 11 is 1.50. The maximum Gasteiger partial charge on any atom is 0.255 e. The normalized spacial score (nSPS) is 16.6. The van der Waals surface area contributed by atoms with E-state index in [0.717, 1.165) is 16.1 Å². The van der Waals surface area contributed by atoms with Gasteiger partial charge in [-0.15, -0.1) is 11.8 Å². The first-order valence-corrected chi connectivity index (χ1v) is 7.90. The van der Waals surface area contributed by atoms with Gasteiger partial charge in [-0.1, -0.05) is 12.1 Å². The molecule has 0 bridgehead atoms. The molecule has 0 aliphatic carbocycles. The average molecular weight is 312 g/mol. The summed E-state index contributed by atoms with van der Waals surface area (Å²) < 4.78 is 0. The lowest BCUT2D eigenvalue weighted by atomic mass is 10.1. The van der Waals surface area contributed by atoms with Gasteiger partial charge in [-0.25, -0.2) is 0 Å². The molecular weight excluding hydrogens is 296 g/mol. The predicted molar refractivity (Wildman–Crippen MR) is 89.5 cm³/mol.